The average Bonchev–Trinajstić information content (AvgIpc) is 2.66. The highest BCUT2D eigenvalue weighted by atomic mass is 32.1. The highest BCUT2D eigenvalue weighted by molar-refractivity contribution is 7.10. The maximum absolute atomic E-state index is 11.8. The van der Waals surface area contributed by atoms with Gasteiger partial charge in [-0.3, -0.25) is 4.79 Å². The van der Waals surface area contributed by atoms with Crippen LogP contribution in [0.2, 0.25) is 0 Å². The molecule has 0 aromatic carbocycles. The van der Waals surface area contributed by atoms with Gasteiger partial charge in [0.2, 0.25) is 5.78 Å². The van der Waals surface area contributed by atoms with E-state index in [0.29, 0.717) is 6.08 Å². The Labute approximate surface area is 89.2 Å². The second-order valence-corrected chi connectivity index (χ2v) is 3.60. The highest BCUT2D eigenvalue weighted by Crippen LogP contribution is 2.11. The lowest BCUT2D eigenvalue weighted by atomic mass is 10.3. The molecule has 0 unspecified atom stereocenters. The summed E-state index contributed by atoms with van der Waals surface area (Å²) in [6.45, 7) is 0. The maximum Gasteiger partial charge on any atom is 0.300 e. The summed E-state index contributed by atoms with van der Waals surface area (Å²) >= 11 is 1.43. The molecule has 0 saturated heterocycles. The molecule has 0 aliphatic rings. The van der Waals surface area contributed by atoms with Crippen LogP contribution in [0.3, 0.4) is 0 Å². The van der Waals surface area contributed by atoms with E-state index >= 15 is 0 Å². The fourth-order valence-corrected chi connectivity index (χ4v) is 1.43. The Balaban J connectivity index is 2.63. The molecule has 2 nitrogen and oxygen atoms in total. The lowest BCUT2D eigenvalue weighted by molar-refractivity contribution is -0.124. The Morgan fingerprint density at radius 1 is 1.53 bits per heavy atom. The molecule has 0 radical (unpaired) electrons. The van der Waals surface area contributed by atoms with E-state index in [2.05, 4.69) is 0 Å². The third-order valence-corrected chi connectivity index (χ3v) is 2.30. The summed E-state index contributed by atoms with van der Waals surface area (Å²) in [7, 11) is 0. The van der Waals surface area contributed by atoms with Gasteiger partial charge in [0, 0.05) is 11.0 Å². The first-order chi connectivity index (χ1) is 7.09. The van der Waals surface area contributed by atoms with Crippen LogP contribution in [0.4, 0.5) is 8.78 Å². The Morgan fingerprint density at radius 2 is 2.27 bits per heavy atom. The third kappa shape index (κ3) is 4.03. The number of thiophene rings is 1. The number of rotatable bonds is 4. The van der Waals surface area contributed by atoms with Gasteiger partial charge in [0.15, 0.2) is 0 Å². The molecule has 5 heteroatoms. The summed E-state index contributed by atoms with van der Waals surface area (Å²) in [6, 6.07) is 3.61. The first kappa shape index (κ1) is 11.6. The highest BCUT2D eigenvalue weighted by Gasteiger charge is 2.12. The minimum Gasteiger partial charge on any atom is -0.508 e. The van der Waals surface area contributed by atoms with Crippen LogP contribution in [-0.2, 0) is 4.79 Å². The normalized spacial score (nSPS) is 12.6. The van der Waals surface area contributed by atoms with Crippen LogP contribution in [0, 0.1) is 0 Å². The molecular formula is C10H8F2O2S. The Morgan fingerprint density at radius 3 is 2.80 bits per heavy atom. The van der Waals surface area contributed by atoms with E-state index < -0.39 is 18.0 Å². The van der Waals surface area contributed by atoms with E-state index in [1.807, 2.05) is 11.4 Å². The van der Waals surface area contributed by atoms with Crippen LogP contribution in [0.25, 0.3) is 6.08 Å². The molecule has 1 aromatic rings. The van der Waals surface area contributed by atoms with Crippen molar-refractivity contribution in [2.24, 2.45) is 0 Å². The largest absolute Gasteiger partial charge is 0.508 e. The summed E-state index contributed by atoms with van der Waals surface area (Å²) in [5.41, 5.74) is 0. The van der Waals surface area contributed by atoms with Crippen molar-refractivity contribution in [3.8, 4) is 0 Å². The minimum absolute atomic E-state index is 0.478. The lowest BCUT2D eigenvalue weighted by Crippen LogP contribution is -2.06. The topological polar surface area (TPSA) is 37.3 Å². The number of aliphatic hydroxyl groups is 1. The first-order valence-corrected chi connectivity index (χ1v) is 4.92. The van der Waals surface area contributed by atoms with Crippen molar-refractivity contribution >= 4 is 23.2 Å². The van der Waals surface area contributed by atoms with Crippen molar-refractivity contribution < 1.29 is 18.7 Å². The van der Waals surface area contributed by atoms with E-state index in [4.69, 9.17) is 5.11 Å². The molecule has 0 spiro atoms. The monoisotopic (exact) mass is 230 g/mol. The van der Waals surface area contributed by atoms with Gasteiger partial charge >= 0.3 is 0 Å². The van der Waals surface area contributed by atoms with Gasteiger partial charge in [-0.2, -0.15) is 0 Å². The number of carbonyl (C=O) groups is 1. The number of aliphatic hydroxyl groups excluding tert-OH is 1. The van der Waals surface area contributed by atoms with Crippen LogP contribution in [0.1, 0.15) is 4.88 Å². The predicted octanol–water partition coefficient (Wildman–Crippen LogP) is 3.04. The summed E-state index contributed by atoms with van der Waals surface area (Å²) in [6.07, 6.45) is 0.165. The first-order valence-electron chi connectivity index (χ1n) is 4.04. The van der Waals surface area contributed by atoms with Crippen LogP contribution >= 0.6 is 11.3 Å². The molecule has 0 aliphatic heterocycles. The Kier molecular flexibility index (Phi) is 4.17. The van der Waals surface area contributed by atoms with E-state index in [1.165, 1.54) is 23.5 Å². The smallest absolute Gasteiger partial charge is 0.300 e. The van der Waals surface area contributed by atoms with Crippen molar-refractivity contribution in [1.82, 2.24) is 0 Å². The van der Waals surface area contributed by atoms with Crippen LogP contribution in [0.15, 0.2) is 35.4 Å². The fourth-order valence-electron chi connectivity index (χ4n) is 0.810. The lowest BCUT2D eigenvalue weighted by Gasteiger charge is -1.92. The van der Waals surface area contributed by atoms with Crippen molar-refractivity contribution in [2.75, 3.05) is 0 Å². The zero-order chi connectivity index (χ0) is 11.3. The summed E-state index contributed by atoms with van der Waals surface area (Å²) in [5.74, 6) is -1.88. The summed E-state index contributed by atoms with van der Waals surface area (Å²) in [5, 5.41) is 10.9. The molecule has 0 aliphatic carbocycles. The second kappa shape index (κ2) is 5.41. The molecule has 1 rings (SSSR count). The Bertz CT molecular complexity index is 380. The molecule has 80 valence electrons. The van der Waals surface area contributed by atoms with Gasteiger partial charge in [0.05, 0.1) is 0 Å². The van der Waals surface area contributed by atoms with Crippen molar-refractivity contribution in [1.29, 1.82) is 0 Å². The maximum atomic E-state index is 11.8. The van der Waals surface area contributed by atoms with E-state index in [0.717, 1.165) is 4.88 Å². The summed E-state index contributed by atoms with van der Waals surface area (Å²) in [4.78, 5) is 11.4. The van der Waals surface area contributed by atoms with Gasteiger partial charge in [-0.15, -0.1) is 11.3 Å². The van der Waals surface area contributed by atoms with Gasteiger partial charge < -0.3 is 5.11 Å². The molecule has 0 saturated carbocycles. The SMILES string of the molecule is O=C(/C=C(\O)C=Cc1cccs1)C(F)F. The predicted molar refractivity (Wildman–Crippen MR) is 55.1 cm³/mol. The van der Waals surface area contributed by atoms with Gasteiger partial charge in [-0.05, 0) is 23.6 Å². The second-order valence-electron chi connectivity index (χ2n) is 2.62. The minimum atomic E-state index is -3.08. The zero-order valence-electron chi connectivity index (χ0n) is 7.56. The molecule has 1 aromatic heterocycles. The molecule has 0 atom stereocenters. The number of hydrogen-bond acceptors (Lipinski definition) is 3. The summed E-state index contributed by atoms with van der Waals surface area (Å²) < 4.78 is 23.6. The number of alkyl halides is 2. The fraction of sp³-hybridized carbons (Fsp3) is 0.100. The Hall–Kier alpha value is -1.49. The van der Waals surface area contributed by atoms with E-state index in [-0.39, 0.29) is 0 Å². The van der Waals surface area contributed by atoms with E-state index in [9.17, 15) is 13.6 Å². The molecule has 0 bridgehead atoms. The number of halogens is 2. The van der Waals surface area contributed by atoms with Crippen LogP contribution < -0.4 is 0 Å². The van der Waals surface area contributed by atoms with E-state index in [1.54, 1.807) is 6.07 Å². The van der Waals surface area contributed by atoms with Gasteiger partial charge in [-0.25, -0.2) is 8.78 Å². The van der Waals surface area contributed by atoms with Crippen LogP contribution in [-0.4, -0.2) is 17.3 Å². The molecule has 0 amide bonds. The molecule has 1 heterocycles. The third-order valence-electron chi connectivity index (χ3n) is 1.47. The quantitative estimate of drug-likeness (QED) is 0.490. The number of hydrogen-bond donors (Lipinski definition) is 1. The van der Waals surface area contributed by atoms with Crippen molar-refractivity contribution in [3.63, 3.8) is 0 Å². The number of carbonyl (C=O) groups excluding carboxylic acids is 1. The van der Waals surface area contributed by atoms with Gasteiger partial charge in [0.25, 0.3) is 6.43 Å². The number of ketones is 1. The number of allylic oxidation sites excluding steroid dienone is 2. The molecule has 1 N–H and O–H groups in total. The molecule has 15 heavy (non-hydrogen) atoms. The van der Waals surface area contributed by atoms with Gasteiger partial charge in [-0.1, -0.05) is 6.07 Å². The van der Waals surface area contributed by atoms with Crippen LogP contribution in [0.5, 0.6) is 0 Å². The zero-order valence-corrected chi connectivity index (χ0v) is 8.38. The standard InChI is InChI=1S/C10H8F2O2S/c11-10(12)9(14)6-7(13)3-4-8-2-1-5-15-8/h1-6,10,13H/b4-3?,7-6-. The van der Waals surface area contributed by atoms with Crippen molar-refractivity contribution in [3.05, 3.63) is 40.3 Å². The average molecular weight is 230 g/mol. The molecular weight excluding hydrogens is 222 g/mol. The van der Waals surface area contributed by atoms with Crippen molar-refractivity contribution in [2.45, 2.75) is 6.43 Å². The molecule has 0 fully saturated rings. The van der Waals surface area contributed by atoms with Gasteiger partial charge in [0.1, 0.15) is 5.76 Å².